The van der Waals surface area contributed by atoms with Gasteiger partial charge >= 0.3 is 0 Å². The molecule has 0 atom stereocenters. The van der Waals surface area contributed by atoms with Crippen LogP contribution in [-0.4, -0.2) is 40.8 Å². The molecule has 6 nitrogen and oxygen atoms in total. The van der Waals surface area contributed by atoms with Crippen molar-refractivity contribution in [1.29, 1.82) is 0 Å². The number of hydrogen-bond donors (Lipinski definition) is 1. The number of para-hydroxylation sites is 1. The Kier molecular flexibility index (Phi) is 5.84. The quantitative estimate of drug-likeness (QED) is 0.621. The van der Waals surface area contributed by atoms with E-state index in [0.29, 0.717) is 24.4 Å². The molecule has 3 aromatic rings. The number of nitrogens with zero attached hydrogens (tertiary/aromatic N) is 1. The van der Waals surface area contributed by atoms with Gasteiger partial charge in [0.05, 0.1) is 24.1 Å². The molecule has 0 bridgehead atoms. The van der Waals surface area contributed by atoms with Gasteiger partial charge in [-0.25, -0.2) is 8.42 Å². The molecule has 0 aliphatic rings. The normalized spacial score (nSPS) is 11.2. The van der Waals surface area contributed by atoms with E-state index in [9.17, 15) is 13.2 Å². The van der Waals surface area contributed by atoms with Crippen LogP contribution in [0.3, 0.4) is 0 Å². The minimum Gasteiger partial charge on any atom is -0.492 e. The molecule has 0 aromatic heterocycles. The van der Waals surface area contributed by atoms with Crippen LogP contribution < -0.4 is 14.4 Å². The van der Waals surface area contributed by atoms with Gasteiger partial charge in [0.1, 0.15) is 12.4 Å². The van der Waals surface area contributed by atoms with Crippen molar-refractivity contribution in [2.75, 3.05) is 30.8 Å². The monoisotopic (exact) mass is 398 g/mol. The summed E-state index contributed by atoms with van der Waals surface area (Å²) in [6.07, 6.45) is 1.10. The van der Waals surface area contributed by atoms with Crippen LogP contribution in [0, 0.1) is 0 Å². The highest BCUT2D eigenvalue weighted by Crippen LogP contribution is 2.22. The molecule has 0 aliphatic heterocycles. The molecule has 146 valence electrons. The summed E-state index contributed by atoms with van der Waals surface area (Å²) in [5, 5.41) is 4.99. The molecule has 3 rings (SSSR count). The van der Waals surface area contributed by atoms with E-state index in [-0.39, 0.29) is 5.91 Å². The lowest BCUT2D eigenvalue weighted by Gasteiger charge is -2.19. The van der Waals surface area contributed by atoms with E-state index >= 15 is 0 Å². The van der Waals surface area contributed by atoms with Gasteiger partial charge in [-0.2, -0.15) is 0 Å². The smallest absolute Gasteiger partial charge is 0.253 e. The van der Waals surface area contributed by atoms with Crippen molar-refractivity contribution < 1.29 is 17.9 Å². The maximum absolute atomic E-state index is 12.5. The molecule has 0 radical (unpaired) electrons. The minimum atomic E-state index is -3.46. The zero-order valence-electron chi connectivity index (χ0n) is 15.8. The average molecular weight is 398 g/mol. The van der Waals surface area contributed by atoms with Gasteiger partial charge in [0.15, 0.2) is 0 Å². The summed E-state index contributed by atoms with van der Waals surface area (Å²) in [4.78, 5) is 12.5. The maximum atomic E-state index is 12.5. The Hall–Kier alpha value is -3.06. The fraction of sp³-hybridized carbons (Fsp3) is 0.190. The van der Waals surface area contributed by atoms with Crippen molar-refractivity contribution >= 4 is 32.4 Å². The van der Waals surface area contributed by atoms with Gasteiger partial charge in [0, 0.05) is 7.05 Å². The number of anilines is 1. The van der Waals surface area contributed by atoms with Crippen molar-refractivity contribution in [1.82, 2.24) is 5.32 Å². The van der Waals surface area contributed by atoms with E-state index in [1.807, 2.05) is 42.5 Å². The third-order valence-electron chi connectivity index (χ3n) is 4.36. The van der Waals surface area contributed by atoms with Crippen LogP contribution >= 0.6 is 0 Å². The van der Waals surface area contributed by atoms with Gasteiger partial charge in [-0.1, -0.05) is 42.5 Å². The molecule has 0 saturated carbocycles. The minimum absolute atomic E-state index is 0.293. The number of ether oxygens (including phenoxy) is 1. The summed E-state index contributed by atoms with van der Waals surface area (Å²) in [5.41, 5.74) is 0.624. The molecule has 7 heteroatoms. The number of carbonyl (C=O) groups excluding carboxylic acids is 1. The summed E-state index contributed by atoms with van der Waals surface area (Å²) in [7, 11) is -2.04. The van der Waals surface area contributed by atoms with E-state index in [4.69, 9.17) is 4.74 Å². The van der Waals surface area contributed by atoms with Crippen molar-refractivity contribution in [2.45, 2.75) is 0 Å². The Labute approximate surface area is 164 Å². The van der Waals surface area contributed by atoms with Crippen molar-refractivity contribution in [3.8, 4) is 5.75 Å². The third kappa shape index (κ3) is 4.61. The first-order valence-electron chi connectivity index (χ1n) is 8.79. The fourth-order valence-electron chi connectivity index (χ4n) is 2.80. The van der Waals surface area contributed by atoms with E-state index in [1.165, 1.54) is 7.05 Å². The van der Waals surface area contributed by atoms with Crippen molar-refractivity contribution in [3.05, 3.63) is 72.3 Å². The Morgan fingerprint density at radius 1 is 1.00 bits per heavy atom. The third-order valence-corrected chi connectivity index (χ3v) is 5.55. The Balaban J connectivity index is 1.60. The summed E-state index contributed by atoms with van der Waals surface area (Å²) >= 11 is 0. The molecule has 28 heavy (non-hydrogen) atoms. The van der Waals surface area contributed by atoms with E-state index < -0.39 is 10.0 Å². The summed E-state index contributed by atoms with van der Waals surface area (Å²) < 4.78 is 30.4. The first kappa shape index (κ1) is 19.7. The number of benzene rings is 3. The van der Waals surface area contributed by atoms with E-state index in [1.54, 1.807) is 24.3 Å². The van der Waals surface area contributed by atoms with E-state index in [0.717, 1.165) is 27.1 Å². The van der Waals surface area contributed by atoms with Gasteiger partial charge < -0.3 is 10.1 Å². The van der Waals surface area contributed by atoms with Crippen LogP contribution in [0.2, 0.25) is 0 Å². The first-order valence-corrected chi connectivity index (χ1v) is 10.6. The summed E-state index contributed by atoms with van der Waals surface area (Å²) in [5.74, 6) is 0.373. The fourth-order valence-corrected chi connectivity index (χ4v) is 3.32. The zero-order chi connectivity index (χ0) is 20.1. The Bertz CT molecular complexity index is 1100. The number of fused-ring (bicyclic) bond motifs is 1. The molecule has 1 N–H and O–H groups in total. The van der Waals surface area contributed by atoms with Crippen LogP contribution in [-0.2, 0) is 10.0 Å². The predicted octanol–water partition coefficient (Wildman–Crippen LogP) is 3.04. The lowest BCUT2D eigenvalue weighted by Crippen LogP contribution is -2.31. The van der Waals surface area contributed by atoms with Gasteiger partial charge in [0.2, 0.25) is 10.0 Å². The van der Waals surface area contributed by atoms with Crippen LogP contribution in [0.15, 0.2) is 66.7 Å². The molecule has 0 spiro atoms. The zero-order valence-corrected chi connectivity index (χ0v) is 16.6. The Morgan fingerprint density at radius 3 is 2.43 bits per heavy atom. The largest absolute Gasteiger partial charge is 0.492 e. The van der Waals surface area contributed by atoms with Crippen LogP contribution in [0.4, 0.5) is 5.69 Å². The molecule has 3 aromatic carbocycles. The second kappa shape index (κ2) is 8.31. The van der Waals surface area contributed by atoms with Crippen LogP contribution in [0.5, 0.6) is 5.75 Å². The van der Waals surface area contributed by atoms with E-state index in [2.05, 4.69) is 5.32 Å². The number of sulfonamides is 1. The standard InChI is InChI=1S/C21H22N2O4S/c1-23(28(2,25)26)20-10-6-5-9-19(20)21(24)22-13-14-27-18-12-11-16-7-3-4-8-17(16)15-18/h3-12,15H,13-14H2,1-2H3,(H,22,24). The number of carbonyl (C=O) groups is 1. The number of amides is 1. The lowest BCUT2D eigenvalue weighted by molar-refractivity contribution is 0.0947. The molecule has 0 unspecified atom stereocenters. The molecule has 0 saturated heterocycles. The second-order valence-electron chi connectivity index (χ2n) is 6.36. The highest BCUT2D eigenvalue weighted by molar-refractivity contribution is 7.92. The average Bonchev–Trinajstić information content (AvgIpc) is 2.69. The second-order valence-corrected chi connectivity index (χ2v) is 8.37. The topological polar surface area (TPSA) is 75.7 Å². The number of hydrogen-bond acceptors (Lipinski definition) is 4. The number of rotatable bonds is 7. The highest BCUT2D eigenvalue weighted by atomic mass is 32.2. The van der Waals surface area contributed by atoms with Crippen molar-refractivity contribution in [3.63, 3.8) is 0 Å². The highest BCUT2D eigenvalue weighted by Gasteiger charge is 2.19. The lowest BCUT2D eigenvalue weighted by atomic mass is 10.1. The number of nitrogens with one attached hydrogen (secondary N) is 1. The molecular formula is C21H22N2O4S. The summed E-state index contributed by atoms with van der Waals surface area (Å²) in [6, 6.07) is 20.4. The van der Waals surface area contributed by atoms with Gasteiger partial charge in [-0.15, -0.1) is 0 Å². The molecule has 0 aliphatic carbocycles. The first-order chi connectivity index (χ1) is 13.4. The van der Waals surface area contributed by atoms with Gasteiger partial charge in [0.25, 0.3) is 5.91 Å². The van der Waals surface area contributed by atoms with Crippen LogP contribution in [0.25, 0.3) is 10.8 Å². The van der Waals surface area contributed by atoms with Gasteiger partial charge in [-0.3, -0.25) is 9.10 Å². The molecule has 0 fully saturated rings. The molecule has 0 heterocycles. The van der Waals surface area contributed by atoms with Crippen LogP contribution in [0.1, 0.15) is 10.4 Å². The van der Waals surface area contributed by atoms with Gasteiger partial charge in [-0.05, 0) is 35.0 Å². The molecular weight excluding hydrogens is 376 g/mol. The van der Waals surface area contributed by atoms with Crippen molar-refractivity contribution in [2.24, 2.45) is 0 Å². The molecule has 1 amide bonds. The Morgan fingerprint density at radius 2 is 1.68 bits per heavy atom. The predicted molar refractivity (Wildman–Crippen MR) is 111 cm³/mol. The summed E-state index contributed by atoms with van der Waals surface area (Å²) in [6.45, 7) is 0.594. The SMILES string of the molecule is CN(c1ccccc1C(=O)NCCOc1ccc2ccccc2c1)S(C)(=O)=O. The maximum Gasteiger partial charge on any atom is 0.253 e.